The Bertz CT molecular complexity index is 766. The highest BCUT2D eigenvalue weighted by molar-refractivity contribution is 5.94. The Morgan fingerprint density at radius 2 is 1.88 bits per heavy atom. The molecule has 0 radical (unpaired) electrons. The predicted molar refractivity (Wildman–Crippen MR) is 88.9 cm³/mol. The Kier molecular flexibility index (Phi) is 6.59. The molecule has 2 aromatic carbocycles. The Hall–Kier alpha value is -2.80. The number of carbonyl (C=O) groups excluding carboxylic acids is 2. The highest BCUT2D eigenvalue weighted by atomic mass is 19.1. The largest absolute Gasteiger partial charge is 0.392 e. The van der Waals surface area contributed by atoms with Crippen molar-refractivity contribution in [3.8, 4) is 0 Å². The van der Waals surface area contributed by atoms with Gasteiger partial charge in [0.2, 0.25) is 5.91 Å². The van der Waals surface area contributed by atoms with Crippen LogP contribution in [0.5, 0.6) is 0 Å². The van der Waals surface area contributed by atoms with Gasteiger partial charge in [-0.25, -0.2) is 8.78 Å². The van der Waals surface area contributed by atoms with E-state index in [1.807, 2.05) is 0 Å². The van der Waals surface area contributed by atoms with Crippen LogP contribution in [0.2, 0.25) is 0 Å². The second kappa shape index (κ2) is 8.89. The Balaban J connectivity index is 1.74. The second-order valence-electron chi connectivity index (χ2n) is 5.39. The number of rotatable bonds is 7. The fourth-order valence-electron chi connectivity index (χ4n) is 2.19. The molecule has 3 N–H and O–H groups in total. The number of amides is 2. The van der Waals surface area contributed by atoms with E-state index < -0.39 is 17.5 Å². The number of nitrogens with one attached hydrogen (secondary N) is 2. The van der Waals surface area contributed by atoms with Crippen molar-refractivity contribution >= 4 is 17.5 Å². The Morgan fingerprint density at radius 3 is 2.60 bits per heavy atom. The van der Waals surface area contributed by atoms with Crippen molar-refractivity contribution in [2.24, 2.45) is 0 Å². The zero-order chi connectivity index (χ0) is 18.2. The fraction of sp³-hybridized carbons (Fsp3) is 0.222. The summed E-state index contributed by atoms with van der Waals surface area (Å²) in [6.45, 7) is 0.0649. The maximum absolute atomic E-state index is 13.5. The number of aliphatic hydroxyl groups is 1. The summed E-state index contributed by atoms with van der Waals surface area (Å²) in [4.78, 5) is 23.6. The quantitative estimate of drug-likeness (QED) is 0.673. The van der Waals surface area contributed by atoms with Gasteiger partial charge >= 0.3 is 0 Å². The molecule has 0 spiro atoms. The number of carbonyl (C=O) groups is 2. The average molecular weight is 348 g/mol. The van der Waals surface area contributed by atoms with Gasteiger partial charge in [0.05, 0.1) is 12.2 Å². The minimum Gasteiger partial charge on any atom is -0.392 e. The van der Waals surface area contributed by atoms with E-state index in [1.165, 1.54) is 0 Å². The van der Waals surface area contributed by atoms with Crippen LogP contribution in [0.1, 0.15) is 28.8 Å². The summed E-state index contributed by atoms with van der Waals surface area (Å²) in [5.41, 5.74) is 1.02. The third-order valence-electron chi connectivity index (χ3n) is 3.44. The molecule has 0 aliphatic carbocycles. The van der Waals surface area contributed by atoms with Crippen LogP contribution in [0, 0.1) is 11.6 Å². The molecule has 0 aliphatic rings. The van der Waals surface area contributed by atoms with Crippen molar-refractivity contribution in [2.45, 2.75) is 19.4 Å². The van der Waals surface area contributed by atoms with Crippen molar-refractivity contribution in [3.05, 3.63) is 65.2 Å². The van der Waals surface area contributed by atoms with Crippen LogP contribution in [0.3, 0.4) is 0 Å². The predicted octanol–water partition coefficient (Wildman–Crippen LogP) is 2.61. The maximum atomic E-state index is 13.5. The molecule has 2 rings (SSSR count). The SMILES string of the molecule is O=C(CCCNC(=O)c1ccc(F)cc1F)Nc1cccc(CO)c1. The zero-order valence-corrected chi connectivity index (χ0v) is 13.4. The van der Waals surface area contributed by atoms with Crippen LogP contribution >= 0.6 is 0 Å². The maximum Gasteiger partial charge on any atom is 0.254 e. The second-order valence-corrected chi connectivity index (χ2v) is 5.39. The Labute approximate surface area is 143 Å². The lowest BCUT2D eigenvalue weighted by atomic mass is 10.2. The molecular weight excluding hydrogens is 330 g/mol. The standard InChI is InChI=1S/C18H18F2N2O3/c19-13-6-7-15(16(20)10-13)18(25)21-8-2-5-17(24)22-14-4-1-3-12(9-14)11-23/h1,3-4,6-7,9-10,23H,2,5,8,11H2,(H,21,25)(H,22,24). The van der Waals surface area contributed by atoms with E-state index >= 15 is 0 Å². The van der Waals surface area contributed by atoms with Crippen molar-refractivity contribution in [3.63, 3.8) is 0 Å². The summed E-state index contributed by atoms with van der Waals surface area (Å²) in [5.74, 6) is -2.58. The first-order valence-corrected chi connectivity index (χ1v) is 7.72. The summed E-state index contributed by atoms with van der Waals surface area (Å²) in [7, 11) is 0. The molecule has 0 atom stereocenters. The van der Waals surface area contributed by atoms with Crippen LogP contribution in [0.25, 0.3) is 0 Å². The van der Waals surface area contributed by atoms with E-state index in [1.54, 1.807) is 24.3 Å². The van der Waals surface area contributed by atoms with Crippen molar-refractivity contribution in [2.75, 3.05) is 11.9 Å². The van der Waals surface area contributed by atoms with E-state index in [4.69, 9.17) is 5.11 Å². The summed E-state index contributed by atoms with van der Waals surface area (Å²) in [6.07, 6.45) is 0.523. The normalized spacial score (nSPS) is 10.4. The van der Waals surface area contributed by atoms with Gasteiger partial charge in [0.1, 0.15) is 11.6 Å². The minimum atomic E-state index is -0.931. The third-order valence-corrected chi connectivity index (χ3v) is 3.44. The molecule has 7 heteroatoms. The van der Waals surface area contributed by atoms with Gasteiger partial charge in [-0.05, 0) is 36.2 Å². The van der Waals surface area contributed by atoms with E-state index in [2.05, 4.69) is 10.6 Å². The summed E-state index contributed by atoms with van der Waals surface area (Å²) in [6, 6.07) is 9.54. The van der Waals surface area contributed by atoms with Crippen LogP contribution in [0.15, 0.2) is 42.5 Å². The molecule has 2 aromatic rings. The number of aliphatic hydroxyl groups excluding tert-OH is 1. The molecule has 5 nitrogen and oxygen atoms in total. The third kappa shape index (κ3) is 5.65. The molecule has 0 heterocycles. The van der Waals surface area contributed by atoms with Crippen molar-refractivity contribution < 1.29 is 23.5 Å². The lowest BCUT2D eigenvalue weighted by Crippen LogP contribution is -2.26. The van der Waals surface area contributed by atoms with E-state index in [0.717, 1.165) is 12.1 Å². The zero-order valence-electron chi connectivity index (χ0n) is 13.4. The average Bonchev–Trinajstić information content (AvgIpc) is 2.58. The van der Waals surface area contributed by atoms with E-state index in [9.17, 15) is 18.4 Å². The number of halogens is 2. The van der Waals surface area contributed by atoms with Crippen molar-refractivity contribution in [1.29, 1.82) is 0 Å². The molecule has 0 saturated heterocycles. The van der Waals surface area contributed by atoms with Crippen LogP contribution in [-0.4, -0.2) is 23.5 Å². The summed E-state index contributed by atoms with van der Waals surface area (Å²) in [5, 5.41) is 14.2. The molecule has 132 valence electrons. The van der Waals surface area contributed by atoms with Gasteiger partial charge in [-0.3, -0.25) is 9.59 Å². The molecule has 0 fully saturated rings. The van der Waals surface area contributed by atoms with E-state index in [0.29, 0.717) is 23.7 Å². The highest BCUT2D eigenvalue weighted by Crippen LogP contribution is 2.11. The molecule has 0 saturated carbocycles. The highest BCUT2D eigenvalue weighted by Gasteiger charge is 2.12. The monoisotopic (exact) mass is 348 g/mol. The van der Waals surface area contributed by atoms with Gasteiger partial charge in [-0.2, -0.15) is 0 Å². The molecule has 0 aromatic heterocycles. The summed E-state index contributed by atoms with van der Waals surface area (Å²) >= 11 is 0. The molecule has 0 unspecified atom stereocenters. The minimum absolute atomic E-state index is 0.115. The molecule has 25 heavy (non-hydrogen) atoms. The molecular formula is C18H18F2N2O3. The summed E-state index contributed by atoms with van der Waals surface area (Å²) < 4.78 is 26.3. The number of hydrogen-bond acceptors (Lipinski definition) is 3. The first-order chi connectivity index (χ1) is 12.0. The van der Waals surface area contributed by atoms with Gasteiger partial charge in [-0.1, -0.05) is 12.1 Å². The topological polar surface area (TPSA) is 78.4 Å². The molecule has 2 amide bonds. The van der Waals surface area contributed by atoms with Crippen molar-refractivity contribution in [1.82, 2.24) is 5.32 Å². The van der Waals surface area contributed by atoms with E-state index in [-0.39, 0.29) is 31.0 Å². The lowest BCUT2D eigenvalue weighted by molar-refractivity contribution is -0.116. The fourth-order valence-corrected chi connectivity index (χ4v) is 2.19. The molecule has 0 bridgehead atoms. The van der Waals surface area contributed by atoms with Crippen LogP contribution < -0.4 is 10.6 Å². The lowest BCUT2D eigenvalue weighted by Gasteiger charge is -2.08. The van der Waals surface area contributed by atoms with Gasteiger partial charge in [0.15, 0.2) is 0 Å². The van der Waals surface area contributed by atoms with Crippen LogP contribution in [-0.2, 0) is 11.4 Å². The van der Waals surface area contributed by atoms with Gasteiger partial charge < -0.3 is 15.7 Å². The van der Waals surface area contributed by atoms with Crippen LogP contribution in [0.4, 0.5) is 14.5 Å². The first kappa shape index (κ1) is 18.5. The number of hydrogen-bond donors (Lipinski definition) is 3. The first-order valence-electron chi connectivity index (χ1n) is 7.72. The molecule has 0 aliphatic heterocycles. The Morgan fingerprint density at radius 1 is 1.08 bits per heavy atom. The van der Waals surface area contributed by atoms with Gasteiger partial charge in [0.25, 0.3) is 5.91 Å². The smallest absolute Gasteiger partial charge is 0.254 e. The number of benzene rings is 2. The van der Waals surface area contributed by atoms with Gasteiger partial charge in [0, 0.05) is 24.7 Å². The van der Waals surface area contributed by atoms with Gasteiger partial charge in [-0.15, -0.1) is 0 Å². The number of anilines is 1.